The molecule has 0 saturated heterocycles. The molecule has 0 atom stereocenters. The number of Topliss-reactive ketones (excluding diaryl/α,β-unsaturated/α-hetero) is 1. The second-order valence-electron chi connectivity index (χ2n) is 8.79. The van der Waals surface area contributed by atoms with Crippen molar-refractivity contribution in [2.24, 2.45) is 0 Å². The van der Waals surface area contributed by atoms with Gasteiger partial charge < -0.3 is 20.5 Å². The highest BCUT2D eigenvalue weighted by Crippen LogP contribution is 2.45. The minimum Gasteiger partial charge on any atom is -0.357 e. The van der Waals surface area contributed by atoms with E-state index in [2.05, 4.69) is 16.0 Å². The zero-order valence-electron chi connectivity index (χ0n) is 18.9. The van der Waals surface area contributed by atoms with Crippen molar-refractivity contribution in [2.75, 3.05) is 12.4 Å². The number of nitrogens with one attached hydrogen (secondary N) is 3. The van der Waals surface area contributed by atoms with Crippen LogP contribution in [0.2, 0.25) is 0 Å². The van der Waals surface area contributed by atoms with Crippen LogP contribution in [0, 0.1) is 5.82 Å². The van der Waals surface area contributed by atoms with Gasteiger partial charge in [0.15, 0.2) is 0 Å². The van der Waals surface area contributed by atoms with Crippen molar-refractivity contribution < 1.29 is 41.1 Å². The predicted octanol–water partition coefficient (Wildman–Crippen LogP) is 2.98. The average molecular weight is 512 g/mol. The van der Waals surface area contributed by atoms with Crippen LogP contribution in [0.3, 0.4) is 0 Å². The lowest BCUT2D eigenvalue weighted by Crippen LogP contribution is -2.69. The molecule has 4 rings (SSSR count). The van der Waals surface area contributed by atoms with E-state index in [0.717, 1.165) is 24.3 Å². The van der Waals surface area contributed by atoms with Crippen molar-refractivity contribution >= 4 is 29.2 Å². The van der Waals surface area contributed by atoms with Gasteiger partial charge in [-0.1, -0.05) is 0 Å². The molecule has 2 aromatic rings. The zero-order chi connectivity index (χ0) is 26.4. The number of aromatic nitrogens is 1. The van der Waals surface area contributed by atoms with Gasteiger partial charge >= 0.3 is 0 Å². The molecule has 1 saturated carbocycles. The molecule has 36 heavy (non-hydrogen) atoms. The maximum atomic E-state index is 13.6. The molecule has 2 heterocycles. The lowest BCUT2D eigenvalue weighted by molar-refractivity contribution is -0.164. The molecule has 3 N–H and O–H groups in total. The second kappa shape index (κ2) is 9.03. The zero-order valence-corrected chi connectivity index (χ0v) is 18.9. The van der Waals surface area contributed by atoms with Crippen molar-refractivity contribution in [3.63, 3.8) is 0 Å². The van der Waals surface area contributed by atoms with Gasteiger partial charge in [-0.15, -0.1) is 0 Å². The number of anilines is 1. The van der Waals surface area contributed by atoms with Crippen LogP contribution in [0.1, 0.15) is 57.8 Å². The molecule has 0 bridgehead atoms. The summed E-state index contributed by atoms with van der Waals surface area (Å²) in [7, 11) is 1.21. The van der Waals surface area contributed by atoms with Gasteiger partial charge in [0.2, 0.25) is 5.91 Å². The molecule has 192 valence electrons. The van der Waals surface area contributed by atoms with Crippen LogP contribution >= 0.6 is 0 Å². The smallest absolute Gasteiger partial charge is 0.293 e. The third-order valence-electron chi connectivity index (χ3n) is 6.31. The van der Waals surface area contributed by atoms with Gasteiger partial charge in [-0.25, -0.2) is 22.0 Å². The summed E-state index contributed by atoms with van der Waals surface area (Å²) in [6.45, 7) is 0.326. The van der Waals surface area contributed by atoms with Crippen LogP contribution in [0.25, 0.3) is 0 Å². The number of hydrogen-bond acceptors (Lipinski definition) is 4. The fourth-order valence-corrected chi connectivity index (χ4v) is 4.66. The molecule has 1 aliphatic heterocycles. The highest BCUT2D eigenvalue weighted by molar-refractivity contribution is 6.43. The number of carbonyl (C=O) groups is 4. The minimum absolute atomic E-state index is 0.0437. The Balaban J connectivity index is 1.57. The molecule has 1 fully saturated rings. The van der Waals surface area contributed by atoms with E-state index in [1.165, 1.54) is 11.6 Å². The fraction of sp³-hybridized carbons (Fsp3) is 0.391. The molecular formula is C23H21F5N4O4. The second-order valence-corrected chi connectivity index (χ2v) is 8.79. The maximum Gasteiger partial charge on any atom is 0.293 e. The molecule has 1 aromatic carbocycles. The van der Waals surface area contributed by atoms with Crippen LogP contribution in [0.4, 0.5) is 27.6 Å². The summed E-state index contributed by atoms with van der Waals surface area (Å²) < 4.78 is 68.0. The van der Waals surface area contributed by atoms with Gasteiger partial charge in [0.1, 0.15) is 17.1 Å². The first-order chi connectivity index (χ1) is 16.9. The molecule has 13 heteroatoms. The lowest BCUT2D eigenvalue weighted by atomic mass is 9.72. The topological polar surface area (TPSA) is 109 Å². The number of amides is 3. The summed E-state index contributed by atoms with van der Waals surface area (Å²) in [5.74, 6) is -8.34. The maximum absolute atomic E-state index is 13.6. The monoisotopic (exact) mass is 512 g/mol. The molecule has 0 radical (unpaired) electrons. The Hall–Kier alpha value is -3.77. The normalized spacial score (nSPS) is 17.2. The van der Waals surface area contributed by atoms with E-state index in [9.17, 15) is 41.1 Å². The first kappa shape index (κ1) is 25.3. The van der Waals surface area contributed by atoms with Crippen LogP contribution in [0.5, 0.6) is 0 Å². The summed E-state index contributed by atoms with van der Waals surface area (Å²) in [6, 6.07) is 3.81. The number of ketones is 1. The van der Waals surface area contributed by atoms with Crippen molar-refractivity contribution in [1.82, 2.24) is 15.2 Å². The van der Waals surface area contributed by atoms with Gasteiger partial charge in [-0.05, 0) is 37.1 Å². The predicted molar refractivity (Wildman–Crippen MR) is 116 cm³/mol. The molecule has 3 amide bonds. The molecule has 0 spiro atoms. The number of hydrogen-bond donors (Lipinski definition) is 3. The Kier molecular flexibility index (Phi) is 6.35. The number of rotatable bonds is 7. The molecule has 0 unspecified atom stereocenters. The SMILES string of the molecule is CNC(=O)C1(NC(=O)C(=O)c2cc(C(=O)Nc3ccc(F)c(C(F)F)c3)n3c2CCC3)CC(F)(F)C1. The summed E-state index contributed by atoms with van der Waals surface area (Å²) in [5.41, 5.74) is -2.75. The number of alkyl halides is 4. The molecular weight excluding hydrogens is 491 g/mol. The largest absolute Gasteiger partial charge is 0.357 e. The Bertz CT molecular complexity index is 1270. The van der Waals surface area contributed by atoms with Gasteiger partial charge in [-0.2, -0.15) is 0 Å². The Morgan fingerprint density at radius 1 is 1.08 bits per heavy atom. The van der Waals surface area contributed by atoms with Crippen molar-refractivity contribution in [3.05, 3.63) is 52.6 Å². The first-order valence-electron chi connectivity index (χ1n) is 11.0. The first-order valence-corrected chi connectivity index (χ1v) is 11.0. The average Bonchev–Trinajstić information content (AvgIpc) is 3.40. The van der Waals surface area contributed by atoms with Crippen LogP contribution in [-0.2, 0) is 22.6 Å². The number of likely N-dealkylation sites (N-methyl/N-ethyl adjacent to an activating group) is 1. The molecule has 2 aliphatic rings. The van der Waals surface area contributed by atoms with E-state index in [4.69, 9.17) is 0 Å². The number of nitrogens with zero attached hydrogens (tertiary/aromatic N) is 1. The van der Waals surface area contributed by atoms with Crippen molar-refractivity contribution in [3.8, 4) is 0 Å². The van der Waals surface area contributed by atoms with E-state index in [-0.39, 0.29) is 16.9 Å². The van der Waals surface area contributed by atoms with E-state index in [1.807, 2.05) is 0 Å². The molecule has 8 nitrogen and oxygen atoms in total. The lowest BCUT2D eigenvalue weighted by Gasteiger charge is -2.45. The van der Waals surface area contributed by atoms with Crippen LogP contribution in [-0.4, -0.2) is 46.6 Å². The van der Waals surface area contributed by atoms with E-state index in [1.54, 1.807) is 0 Å². The standard InChI is InChI=1S/C23H21F5N4O4/c1-29-21(36)22(9-23(27,28)10-22)31-20(35)17(33)13-8-16(32-6-2-3-15(13)32)19(34)30-11-4-5-14(24)12(7-11)18(25)26/h4-5,7-8,18H,2-3,6,9-10H2,1H3,(H,29,36)(H,30,34)(H,31,35). The van der Waals surface area contributed by atoms with Crippen molar-refractivity contribution in [2.45, 2.75) is 50.1 Å². The van der Waals surface area contributed by atoms with Crippen molar-refractivity contribution in [1.29, 1.82) is 0 Å². The van der Waals surface area contributed by atoms with Gasteiger partial charge in [0.25, 0.3) is 29.9 Å². The van der Waals surface area contributed by atoms with Crippen LogP contribution in [0.15, 0.2) is 24.3 Å². The summed E-state index contributed by atoms with van der Waals surface area (Å²) >= 11 is 0. The van der Waals surface area contributed by atoms with E-state index in [0.29, 0.717) is 25.1 Å². The van der Waals surface area contributed by atoms with E-state index >= 15 is 0 Å². The Morgan fingerprint density at radius 2 is 1.78 bits per heavy atom. The number of carbonyl (C=O) groups excluding carboxylic acids is 4. The van der Waals surface area contributed by atoms with E-state index < -0.39 is 65.6 Å². The van der Waals surface area contributed by atoms with Gasteiger partial charge in [-0.3, -0.25) is 19.2 Å². The number of benzene rings is 1. The van der Waals surface area contributed by atoms with Gasteiger partial charge in [0, 0.05) is 43.4 Å². The highest BCUT2D eigenvalue weighted by Gasteiger charge is 2.62. The summed E-state index contributed by atoms with van der Waals surface area (Å²) in [5, 5.41) is 6.70. The highest BCUT2D eigenvalue weighted by atomic mass is 19.3. The summed E-state index contributed by atoms with van der Waals surface area (Å²) in [4.78, 5) is 50.6. The molecule has 1 aromatic heterocycles. The molecule has 1 aliphatic carbocycles. The Labute approximate surface area is 201 Å². The summed E-state index contributed by atoms with van der Waals surface area (Å²) in [6.07, 6.45) is -4.14. The Morgan fingerprint density at radius 3 is 2.39 bits per heavy atom. The third kappa shape index (κ3) is 4.44. The number of halogens is 5. The third-order valence-corrected chi connectivity index (χ3v) is 6.31. The fourth-order valence-electron chi connectivity index (χ4n) is 4.66. The van der Waals surface area contributed by atoms with Crippen LogP contribution < -0.4 is 16.0 Å². The minimum atomic E-state index is -3.17. The van der Waals surface area contributed by atoms with Gasteiger partial charge in [0.05, 0.1) is 5.56 Å². The number of fused-ring (bicyclic) bond motifs is 1. The quantitative estimate of drug-likeness (QED) is 0.301.